The van der Waals surface area contributed by atoms with Gasteiger partial charge in [0.2, 0.25) is 5.91 Å². The van der Waals surface area contributed by atoms with E-state index < -0.39 is 0 Å². The number of pyridine rings is 1. The van der Waals surface area contributed by atoms with Crippen molar-refractivity contribution in [2.45, 2.75) is 32.6 Å². The number of nitrogens with zero attached hydrogens (tertiary/aromatic N) is 3. The van der Waals surface area contributed by atoms with Crippen molar-refractivity contribution >= 4 is 23.3 Å². The molecule has 7 heteroatoms. The number of likely N-dealkylation sites (tertiary alicyclic amines) is 1. The van der Waals surface area contributed by atoms with Crippen LogP contribution in [0, 0.1) is 5.92 Å². The van der Waals surface area contributed by atoms with Gasteiger partial charge in [-0.25, -0.2) is 4.98 Å². The van der Waals surface area contributed by atoms with E-state index >= 15 is 0 Å². The van der Waals surface area contributed by atoms with Crippen molar-refractivity contribution in [3.63, 3.8) is 0 Å². The van der Waals surface area contributed by atoms with E-state index in [1.165, 1.54) is 0 Å². The third kappa shape index (κ3) is 5.16. The van der Waals surface area contributed by atoms with Crippen LogP contribution in [0.25, 0.3) is 0 Å². The van der Waals surface area contributed by atoms with Crippen LogP contribution >= 0.6 is 0 Å². The highest BCUT2D eigenvalue weighted by molar-refractivity contribution is 5.95. The molecule has 4 rings (SSSR count). The Morgan fingerprint density at radius 1 is 1.06 bits per heavy atom. The third-order valence-corrected chi connectivity index (χ3v) is 6.01. The highest BCUT2D eigenvalue weighted by Gasteiger charge is 2.26. The van der Waals surface area contributed by atoms with E-state index in [2.05, 4.69) is 15.2 Å². The number of piperidine rings is 1. The second-order valence-corrected chi connectivity index (χ2v) is 8.11. The van der Waals surface area contributed by atoms with Gasteiger partial charge in [-0.1, -0.05) is 0 Å². The Hall–Kier alpha value is -3.09. The van der Waals surface area contributed by atoms with Crippen molar-refractivity contribution in [1.82, 2.24) is 9.88 Å². The molecule has 3 heterocycles. The summed E-state index contributed by atoms with van der Waals surface area (Å²) in [5, 5.41) is 3.01. The Morgan fingerprint density at radius 2 is 1.77 bits per heavy atom. The van der Waals surface area contributed by atoms with Crippen LogP contribution in [-0.4, -0.2) is 54.5 Å². The zero-order valence-corrected chi connectivity index (χ0v) is 18.0. The summed E-state index contributed by atoms with van der Waals surface area (Å²) in [5.41, 5.74) is 1.48. The molecule has 0 radical (unpaired) electrons. The highest BCUT2D eigenvalue weighted by atomic mass is 16.5. The summed E-state index contributed by atoms with van der Waals surface area (Å²) in [6.07, 6.45) is 5.39. The number of hydrogen-bond acceptors (Lipinski definition) is 5. The Balaban J connectivity index is 1.31. The van der Waals surface area contributed by atoms with Gasteiger partial charge >= 0.3 is 0 Å². The molecule has 2 saturated heterocycles. The monoisotopic (exact) mass is 422 g/mol. The fourth-order valence-electron chi connectivity index (χ4n) is 4.24. The maximum Gasteiger partial charge on any atom is 0.254 e. The van der Waals surface area contributed by atoms with E-state index in [1.54, 1.807) is 12.3 Å². The summed E-state index contributed by atoms with van der Waals surface area (Å²) >= 11 is 0. The van der Waals surface area contributed by atoms with E-state index in [9.17, 15) is 9.59 Å². The number of rotatable bonds is 6. The average Bonchev–Trinajstić information content (AvgIpc) is 3.35. The predicted molar refractivity (Wildman–Crippen MR) is 121 cm³/mol. The van der Waals surface area contributed by atoms with Gasteiger partial charge in [-0.15, -0.1) is 0 Å². The molecule has 0 spiro atoms. The molecule has 0 bridgehead atoms. The molecule has 0 saturated carbocycles. The third-order valence-electron chi connectivity index (χ3n) is 6.01. The van der Waals surface area contributed by atoms with Crippen LogP contribution in [0.5, 0.6) is 5.75 Å². The van der Waals surface area contributed by atoms with Gasteiger partial charge in [0.1, 0.15) is 11.6 Å². The zero-order chi connectivity index (χ0) is 21.6. The lowest BCUT2D eigenvalue weighted by Crippen LogP contribution is -2.38. The van der Waals surface area contributed by atoms with Gasteiger partial charge in [0.05, 0.1) is 6.61 Å². The fourth-order valence-corrected chi connectivity index (χ4v) is 4.24. The number of carbonyl (C=O) groups is 2. The summed E-state index contributed by atoms with van der Waals surface area (Å²) in [7, 11) is 0. The Bertz CT molecular complexity index is 901. The minimum Gasteiger partial charge on any atom is -0.494 e. The van der Waals surface area contributed by atoms with Gasteiger partial charge in [0, 0.05) is 49.5 Å². The lowest BCUT2D eigenvalue weighted by Gasteiger charge is -2.32. The summed E-state index contributed by atoms with van der Waals surface area (Å²) < 4.78 is 5.44. The largest absolute Gasteiger partial charge is 0.494 e. The van der Waals surface area contributed by atoms with E-state index in [1.807, 2.05) is 42.2 Å². The first kappa shape index (κ1) is 21.2. The summed E-state index contributed by atoms with van der Waals surface area (Å²) in [5.74, 6) is 1.72. The second kappa shape index (κ2) is 9.81. The van der Waals surface area contributed by atoms with Crippen LogP contribution in [0.4, 0.5) is 11.5 Å². The molecule has 1 N–H and O–H groups in total. The van der Waals surface area contributed by atoms with Crippen LogP contribution in [0.1, 0.15) is 43.0 Å². The quantitative estimate of drug-likeness (QED) is 0.770. The number of aromatic nitrogens is 1. The first-order valence-electron chi connectivity index (χ1n) is 11.2. The van der Waals surface area contributed by atoms with Gasteiger partial charge in [-0.05, 0) is 69.0 Å². The number of carbonyl (C=O) groups excluding carboxylic acids is 2. The van der Waals surface area contributed by atoms with Crippen LogP contribution in [0.2, 0.25) is 0 Å². The van der Waals surface area contributed by atoms with Crippen molar-refractivity contribution in [1.29, 1.82) is 0 Å². The Morgan fingerprint density at radius 3 is 2.45 bits per heavy atom. The first-order valence-corrected chi connectivity index (χ1v) is 11.2. The number of hydrogen-bond donors (Lipinski definition) is 1. The van der Waals surface area contributed by atoms with Gasteiger partial charge in [-0.3, -0.25) is 9.59 Å². The van der Waals surface area contributed by atoms with E-state index in [0.717, 1.165) is 69.1 Å². The van der Waals surface area contributed by atoms with Crippen molar-refractivity contribution in [2.75, 3.05) is 43.0 Å². The molecule has 1 aromatic carbocycles. The van der Waals surface area contributed by atoms with Gasteiger partial charge in [0.15, 0.2) is 0 Å². The van der Waals surface area contributed by atoms with Crippen LogP contribution in [0.3, 0.4) is 0 Å². The molecule has 7 nitrogen and oxygen atoms in total. The summed E-state index contributed by atoms with van der Waals surface area (Å²) in [6, 6.07) is 11.1. The maximum atomic E-state index is 12.7. The first-order chi connectivity index (χ1) is 15.1. The predicted octanol–water partition coefficient (Wildman–Crippen LogP) is 3.57. The molecule has 2 aliphatic heterocycles. The molecule has 1 aromatic heterocycles. The lowest BCUT2D eigenvalue weighted by atomic mass is 9.95. The number of anilines is 2. The maximum absolute atomic E-state index is 12.7. The number of benzene rings is 1. The zero-order valence-electron chi connectivity index (χ0n) is 18.0. The van der Waals surface area contributed by atoms with Crippen molar-refractivity contribution < 1.29 is 14.3 Å². The summed E-state index contributed by atoms with van der Waals surface area (Å²) in [4.78, 5) is 33.9. The highest BCUT2D eigenvalue weighted by Crippen LogP contribution is 2.25. The fraction of sp³-hybridized carbons (Fsp3) is 0.458. The second-order valence-electron chi connectivity index (χ2n) is 8.11. The van der Waals surface area contributed by atoms with Crippen molar-refractivity contribution in [3.8, 4) is 5.75 Å². The molecule has 31 heavy (non-hydrogen) atoms. The topological polar surface area (TPSA) is 74.8 Å². The van der Waals surface area contributed by atoms with E-state index in [-0.39, 0.29) is 17.7 Å². The minimum absolute atomic E-state index is 0.0303. The summed E-state index contributed by atoms with van der Waals surface area (Å²) in [6.45, 7) is 5.73. The van der Waals surface area contributed by atoms with E-state index in [4.69, 9.17) is 4.74 Å². The molecule has 0 atom stereocenters. The Kier molecular flexibility index (Phi) is 6.70. The molecule has 164 valence electrons. The van der Waals surface area contributed by atoms with Crippen LogP contribution in [0.15, 0.2) is 42.6 Å². The molecule has 2 fully saturated rings. The van der Waals surface area contributed by atoms with Gasteiger partial charge in [0.25, 0.3) is 5.91 Å². The number of amides is 2. The van der Waals surface area contributed by atoms with Crippen molar-refractivity contribution in [3.05, 3.63) is 48.2 Å². The molecular formula is C24H30N4O3. The van der Waals surface area contributed by atoms with Gasteiger partial charge < -0.3 is 19.9 Å². The number of nitrogens with one attached hydrogen (secondary N) is 1. The van der Waals surface area contributed by atoms with Gasteiger partial charge in [-0.2, -0.15) is 0 Å². The lowest BCUT2D eigenvalue weighted by molar-refractivity contribution is -0.120. The molecule has 2 amide bonds. The average molecular weight is 423 g/mol. The smallest absolute Gasteiger partial charge is 0.254 e. The van der Waals surface area contributed by atoms with Crippen LogP contribution in [-0.2, 0) is 4.79 Å². The van der Waals surface area contributed by atoms with Crippen LogP contribution < -0.4 is 15.0 Å². The molecular weight excluding hydrogens is 392 g/mol. The molecule has 2 aliphatic rings. The molecule has 2 aromatic rings. The standard InChI is InChI=1S/C24H30N4O3/c1-2-31-21-7-5-20(6-8-21)26-23(29)18-10-15-27(16-11-18)22-17-19(9-12-25-22)24(30)28-13-3-4-14-28/h5-9,12,17-18H,2-4,10-11,13-16H2,1H3,(H,26,29). The molecule has 0 aliphatic carbocycles. The number of ether oxygens (including phenoxy) is 1. The normalized spacial score (nSPS) is 16.9. The Labute approximate surface area is 183 Å². The molecule has 0 unspecified atom stereocenters. The van der Waals surface area contributed by atoms with Crippen molar-refractivity contribution in [2.24, 2.45) is 5.92 Å². The SMILES string of the molecule is CCOc1ccc(NC(=O)C2CCN(c3cc(C(=O)N4CCCC4)ccn3)CC2)cc1. The minimum atomic E-state index is -0.0303. The van der Waals surface area contributed by atoms with E-state index in [0.29, 0.717) is 12.2 Å².